The van der Waals surface area contributed by atoms with Gasteiger partial charge in [0.1, 0.15) is 6.10 Å². The number of carboxylic acid groups (broad SMARTS) is 1. The maximum atomic E-state index is 10.6. The minimum Gasteiger partial charge on any atom is -0.481 e. The van der Waals surface area contributed by atoms with Crippen LogP contribution >= 0.6 is 0 Å². The first-order chi connectivity index (χ1) is 10.5. The van der Waals surface area contributed by atoms with Crippen molar-refractivity contribution in [2.24, 2.45) is 0 Å². The summed E-state index contributed by atoms with van der Waals surface area (Å²) in [6.45, 7) is 7.78. The van der Waals surface area contributed by atoms with Gasteiger partial charge < -0.3 is 24.6 Å². The Hall–Kier alpha value is -1.48. The van der Waals surface area contributed by atoms with E-state index in [0.29, 0.717) is 5.46 Å². The van der Waals surface area contributed by atoms with Crippen molar-refractivity contribution >= 4 is 18.6 Å². The molecule has 0 radical (unpaired) electrons. The van der Waals surface area contributed by atoms with E-state index in [2.05, 4.69) is 4.98 Å². The van der Waals surface area contributed by atoms with Crippen LogP contribution in [0.2, 0.25) is 0 Å². The second kappa shape index (κ2) is 6.20. The lowest BCUT2D eigenvalue weighted by Gasteiger charge is -2.32. The molecule has 1 fully saturated rings. The van der Waals surface area contributed by atoms with Crippen molar-refractivity contribution in [1.29, 1.82) is 0 Å². The molecule has 23 heavy (non-hydrogen) atoms. The second-order valence-electron chi connectivity index (χ2n) is 6.71. The standard InChI is InChI=1S/C15H22BNO6/c1-14(2)15(3,4)23-16(22-14)9-5-6-10(17-8-9)13(21)11(18)7-12(19)20/h5-6,8,11,13,18,21H,7H2,1-4H3,(H,19,20). The van der Waals surface area contributed by atoms with E-state index >= 15 is 0 Å². The van der Waals surface area contributed by atoms with E-state index in [9.17, 15) is 15.0 Å². The molecule has 1 saturated heterocycles. The molecule has 7 nitrogen and oxygen atoms in total. The fourth-order valence-corrected chi connectivity index (χ4v) is 2.20. The molecule has 1 aliphatic heterocycles. The summed E-state index contributed by atoms with van der Waals surface area (Å²) in [6.07, 6.45) is -1.84. The van der Waals surface area contributed by atoms with E-state index in [0.717, 1.165) is 0 Å². The van der Waals surface area contributed by atoms with Crippen molar-refractivity contribution in [3.05, 3.63) is 24.0 Å². The lowest BCUT2D eigenvalue weighted by molar-refractivity contribution is -0.141. The Labute approximate surface area is 135 Å². The Bertz CT molecular complexity index is 558. The predicted octanol–water partition coefficient (Wildman–Crippen LogP) is 0.250. The normalized spacial score (nSPS) is 21.9. The lowest BCUT2D eigenvalue weighted by Crippen LogP contribution is -2.41. The van der Waals surface area contributed by atoms with E-state index in [-0.39, 0.29) is 5.69 Å². The molecule has 0 saturated carbocycles. The van der Waals surface area contributed by atoms with E-state index in [1.165, 1.54) is 12.3 Å². The summed E-state index contributed by atoms with van der Waals surface area (Å²) < 4.78 is 11.8. The third-order valence-corrected chi connectivity index (χ3v) is 4.39. The molecule has 2 rings (SSSR count). The first-order valence-corrected chi connectivity index (χ1v) is 7.43. The predicted molar refractivity (Wildman–Crippen MR) is 83.2 cm³/mol. The van der Waals surface area contributed by atoms with Crippen LogP contribution in [-0.4, -0.2) is 50.7 Å². The highest BCUT2D eigenvalue weighted by molar-refractivity contribution is 6.62. The van der Waals surface area contributed by atoms with Crippen molar-refractivity contribution in [2.45, 2.75) is 57.5 Å². The summed E-state index contributed by atoms with van der Waals surface area (Å²) >= 11 is 0. The molecule has 0 bridgehead atoms. The number of hydrogen-bond acceptors (Lipinski definition) is 6. The van der Waals surface area contributed by atoms with Gasteiger partial charge in [-0.1, -0.05) is 6.07 Å². The number of pyridine rings is 1. The number of nitrogens with zero attached hydrogens (tertiary/aromatic N) is 1. The number of carboxylic acids is 1. The smallest absolute Gasteiger partial charge is 0.481 e. The summed E-state index contributed by atoms with van der Waals surface area (Å²) in [4.78, 5) is 14.7. The highest BCUT2D eigenvalue weighted by atomic mass is 16.7. The van der Waals surface area contributed by atoms with Gasteiger partial charge in [-0.3, -0.25) is 9.78 Å². The zero-order chi connectivity index (χ0) is 17.4. The summed E-state index contributed by atoms with van der Waals surface area (Å²) in [5.74, 6) is -1.19. The van der Waals surface area contributed by atoms with Crippen LogP contribution in [0.3, 0.4) is 0 Å². The van der Waals surface area contributed by atoms with Crippen molar-refractivity contribution < 1.29 is 29.4 Å². The largest absolute Gasteiger partial charge is 0.496 e. The summed E-state index contributed by atoms with van der Waals surface area (Å²) in [7, 11) is -0.567. The van der Waals surface area contributed by atoms with Gasteiger partial charge in [0.05, 0.1) is 29.4 Å². The number of aromatic nitrogens is 1. The van der Waals surface area contributed by atoms with Crippen molar-refractivity contribution in [3.8, 4) is 0 Å². The fraction of sp³-hybridized carbons (Fsp3) is 0.600. The van der Waals surface area contributed by atoms with Crippen LogP contribution in [0.25, 0.3) is 0 Å². The van der Waals surface area contributed by atoms with Crippen LogP contribution in [0.15, 0.2) is 18.3 Å². The highest BCUT2D eigenvalue weighted by Crippen LogP contribution is 2.36. The van der Waals surface area contributed by atoms with Crippen molar-refractivity contribution in [3.63, 3.8) is 0 Å². The molecule has 3 N–H and O–H groups in total. The molecule has 126 valence electrons. The van der Waals surface area contributed by atoms with Crippen LogP contribution in [0.5, 0.6) is 0 Å². The molecule has 8 heteroatoms. The topological polar surface area (TPSA) is 109 Å². The van der Waals surface area contributed by atoms with Gasteiger partial charge in [-0.2, -0.15) is 0 Å². The SMILES string of the molecule is CC1(C)OB(c2ccc(C(O)C(O)CC(=O)O)nc2)OC1(C)C. The molecule has 0 aromatic carbocycles. The van der Waals surface area contributed by atoms with Crippen molar-refractivity contribution in [1.82, 2.24) is 4.98 Å². The van der Waals surface area contributed by atoms with Gasteiger partial charge in [0.25, 0.3) is 0 Å². The van der Waals surface area contributed by atoms with E-state index in [1.54, 1.807) is 6.07 Å². The monoisotopic (exact) mass is 323 g/mol. The van der Waals surface area contributed by atoms with E-state index in [1.807, 2.05) is 27.7 Å². The maximum Gasteiger partial charge on any atom is 0.496 e. The van der Waals surface area contributed by atoms with Gasteiger partial charge in [0.2, 0.25) is 0 Å². The summed E-state index contributed by atoms with van der Waals surface area (Å²) in [5.41, 5.74) is -0.0486. The highest BCUT2D eigenvalue weighted by Gasteiger charge is 2.51. The van der Waals surface area contributed by atoms with Crippen molar-refractivity contribution in [2.75, 3.05) is 0 Å². The second-order valence-corrected chi connectivity index (χ2v) is 6.71. The third-order valence-electron chi connectivity index (χ3n) is 4.39. The number of hydrogen-bond donors (Lipinski definition) is 3. The first-order valence-electron chi connectivity index (χ1n) is 7.43. The van der Waals surface area contributed by atoms with Crippen LogP contribution < -0.4 is 5.46 Å². The number of rotatable bonds is 5. The molecule has 1 aromatic heterocycles. The Morgan fingerprint density at radius 2 is 1.78 bits per heavy atom. The Kier molecular flexibility index (Phi) is 4.82. The molecule has 2 atom stereocenters. The molecule has 2 unspecified atom stereocenters. The van der Waals surface area contributed by atoms with Crippen LogP contribution in [0.4, 0.5) is 0 Å². The molecule has 1 aliphatic rings. The Balaban J connectivity index is 2.10. The summed E-state index contributed by atoms with van der Waals surface area (Å²) in [5, 5.41) is 28.2. The molecule has 0 amide bonds. The molecular weight excluding hydrogens is 301 g/mol. The molecule has 2 heterocycles. The zero-order valence-electron chi connectivity index (χ0n) is 13.7. The van der Waals surface area contributed by atoms with E-state index < -0.39 is 42.9 Å². The van der Waals surface area contributed by atoms with Gasteiger partial charge in [0, 0.05) is 11.7 Å². The number of aliphatic carboxylic acids is 1. The Morgan fingerprint density at radius 1 is 1.22 bits per heavy atom. The van der Waals surface area contributed by atoms with Crippen LogP contribution in [-0.2, 0) is 14.1 Å². The maximum absolute atomic E-state index is 10.6. The van der Waals surface area contributed by atoms with Gasteiger partial charge in [-0.25, -0.2) is 0 Å². The van der Waals surface area contributed by atoms with Gasteiger partial charge in [0.15, 0.2) is 0 Å². The lowest BCUT2D eigenvalue weighted by atomic mass is 9.80. The van der Waals surface area contributed by atoms with Gasteiger partial charge >= 0.3 is 13.1 Å². The first kappa shape index (κ1) is 17.9. The number of aliphatic hydroxyl groups is 2. The van der Waals surface area contributed by atoms with E-state index in [4.69, 9.17) is 14.4 Å². The minimum absolute atomic E-state index is 0.194. The zero-order valence-corrected chi connectivity index (χ0v) is 13.7. The average Bonchev–Trinajstić information content (AvgIpc) is 2.66. The molecular formula is C15H22BNO6. The third kappa shape index (κ3) is 3.72. The van der Waals surface area contributed by atoms with Gasteiger partial charge in [-0.05, 0) is 33.8 Å². The van der Waals surface area contributed by atoms with Crippen LogP contribution in [0.1, 0.15) is 45.9 Å². The minimum atomic E-state index is -1.41. The number of carbonyl (C=O) groups is 1. The molecule has 0 spiro atoms. The Morgan fingerprint density at radius 3 is 2.22 bits per heavy atom. The summed E-state index contributed by atoms with van der Waals surface area (Å²) in [6, 6.07) is 3.21. The average molecular weight is 323 g/mol. The van der Waals surface area contributed by atoms with Crippen LogP contribution in [0, 0.1) is 0 Å². The fourth-order valence-electron chi connectivity index (χ4n) is 2.20. The molecule has 0 aliphatic carbocycles. The number of aliphatic hydroxyl groups excluding tert-OH is 2. The molecule has 1 aromatic rings. The van der Waals surface area contributed by atoms with Gasteiger partial charge in [-0.15, -0.1) is 0 Å². The quantitative estimate of drug-likeness (QED) is 0.666.